The molecule has 48 heavy (non-hydrogen) atoms. The van der Waals surface area contributed by atoms with Crippen molar-refractivity contribution in [3.05, 3.63) is 53.6 Å². The van der Waals surface area contributed by atoms with Gasteiger partial charge in [-0.1, -0.05) is 25.1 Å². The fraction of sp³-hybridized carbons (Fsp3) is 0.484. The summed E-state index contributed by atoms with van der Waals surface area (Å²) in [6.07, 6.45) is -12.8. The van der Waals surface area contributed by atoms with Crippen LogP contribution in [0.4, 0.5) is 0 Å². The van der Waals surface area contributed by atoms with Gasteiger partial charge in [0.1, 0.15) is 30.5 Å². The molecule has 2 aliphatic rings. The van der Waals surface area contributed by atoms with Crippen molar-refractivity contribution in [3.63, 3.8) is 0 Å². The SMILES string of the molecule is CC(=O)C1(O)O[C@@H](C)[C@H](O)[C@@H](O)[C@@]1(OC(=O)/C=C/c1cccc(O)c1O)[C@]1(O)[C@@H](O)[C@H](O)[C@@H](CO)OC1(O)C(C)c1ccc(O)c(O)c1. The number of rotatable bonds is 8. The van der Waals surface area contributed by atoms with Gasteiger partial charge in [-0.15, -0.1) is 0 Å². The van der Waals surface area contributed by atoms with Crippen LogP contribution in [0.2, 0.25) is 0 Å². The Balaban J connectivity index is 2.06. The zero-order valence-electron chi connectivity index (χ0n) is 25.8. The summed E-state index contributed by atoms with van der Waals surface area (Å²) in [5, 5.41) is 132. The molecular weight excluding hydrogens is 644 g/mol. The number of carbonyl (C=O) groups excluding carboxylic acids is 2. The number of hydrogen-bond acceptors (Lipinski definition) is 17. The first-order valence-electron chi connectivity index (χ1n) is 14.6. The highest BCUT2D eigenvalue weighted by atomic mass is 16.7. The van der Waals surface area contributed by atoms with E-state index in [-0.39, 0.29) is 11.1 Å². The maximum absolute atomic E-state index is 13.6. The molecule has 2 saturated heterocycles. The average molecular weight is 683 g/mol. The van der Waals surface area contributed by atoms with E-state index in [0.29, 0.717) is 13.0 Å². The van der Waals surface area contributed by atoms with E-state index in [9.17, 15) is 70.9 Å². The quantitative estimate of drug-likeness (QED) is 0.0782. The number of carbonyl (C=O) groups is 2. The number of esters is 1. The van der Waals surface area contributed by atoms with Gasteiger partial charge in [0, 0.05) is 24.5 Å². The van der Waals surface area contributed by atoms with Crippen LogP contribution in [0.25, 0.3) is 6.08 Å². The number of aliphatic hydroxyl groups is 8. The molecule has 17 nitrogen and oxygen atoms in total. The number of ether oxygens (including phenoxy) is 3. The first-order valence-corrected chi connectivity index (χ1v) is 14.6. The summed E-state index contributed by atoms with van der Waals surface area (Å²) in [7, 11) is 0. The smallest absolute Gasteiger partial charge is 0.331 e. The molecule has 3 unspecified atom stereocenters. The van der Waals surface area contributed by atoms with Crippen molar-refractivity contribution in [2.75, 3.05) is 6.61 Å². The molecule has 264 valence electrons. The molecule has 0 aliphatic carbocycles. The van der Waals surface area contributed by atoms with Crippen molar-refractivity contribution >= 4 is 17.8 Å². The fourth-order valence-corrected chi connectivity index (χ4v) is 6.34. The molecule has 0 radical (unpaired) electrons. The van der Waals surface area contributed by atoms with Crippen molar-refractivity contribution in [2.24, 2.45) is 0 Å². The number of Topliss-reactive ketones (excluding diaryl/α,β-unsaturated/α-hetero) is 1. The lowest BCUT2D eigenvalue weighted by Gasteiger charge is -2.66. The third-order valence-corrected chi connectivity index (χ3v) is 9.11. The van der Waals surface area contributed by atoms with Gasteiger partial charge in [0.15, 0.2) is 34.4 Å². The first-order chi connectivity index (χ1) is 22.2. The average Bonchev–Trinajstić information content (AvgIpc) is 3.04. The molecular formula is C31H38O17. The Labute approximate surface area is 272 Å². The van der Waals surface area contributed by atoms with E-state index in [1.807, 2.05) is 0 Å². The van der Waals surface area contributed by atoms with Crippen LogP contribution in [0, 0.1) is 0 Å². The van der Waals surface area contributed by atoms with E-state index < -0.39 is 107 Å². The molecule has 12 N–H and O–H groups in total. The molecule has 2 aromatic carbocycles. The van der Waals surface area contributed by atoms with E-state index in [1.54, 1.807) is 0 Å². The fourth-order valence-electron chi connectivity index (χ4n) is 6.34. The Morgan fingerprint density at radius 1 is 0.917 bits per heavy atom. The second-order valence-electron chi connectivity index (χ2n) is 11.9. The van der Waals surface area contributed by atoms with Gasteiger partial charge in [-0.2, -0.15) is 0 Å². The van der Waals surface area contributed by atoms with Crippen molar-refractivity contribution in [1.29, 1.82) is 0 Å². The van der Waals surface area contributed by atoms with Crippen LogP contribution in [-0.2, 0) is 23.8 Å². The number of benzene rings is 2. The van der Waals surface area contributed by atoms with Gasteiger partial charge in [-0.05, 0) is 36.8 Å². The first kappa shape index (κ1) is 36.9. The molecule has 17 heteroatoms. The largest absolute Gasteiger partial charge is 0.504 e. The van der Waals surface area contributed by atoms with Gasteiger partial charge in [0.25, 0.3) is 5.79 Å². The van der Waals surface area contributed by atoms with Gasteiger partial charge >= 0.3 is 5.97 Å². The van der Waals surface area contributed by atoms with Gasteiger partial charge < -0.3 is 75.5 Å². The number of aliphatic hydroxyl groups excluding tert-OH is 5. The molecule has 0 amide bonds. The Hall–Kier alpha value is -3.88. The lowest BCUT2D eigenvalue weighted by Crippen LogP contribution is -2.92. The number of ketones is 1. The van der Waals surface area contributed by atoms with Crippen LogP contribution >= 0.6 is 0 Å². The van der Waals surface area contributed by atoms with Gasteiger partial charge in [0.2, 0.25) is 11.4 Å². The monoisotopic (exact) mass is 682 g/mol. The van der Waals surface area contributed by atoms with Crippen LogP contribution in [0.3, 0.4) is 0 Å². The summed E-state index contributed by atoms with van der Waals surface area (Å²) in [6, 6.07) is 6.55. The summed E-state index contributed by atoms with van der Waals surface area (Å²) >= 11 is 0. The second-order valence-corrected chi connectivity index (χ2v) is 11.9. The normalized spacial score (nSPS) is 37.6. The van der Waals surface area contributed by atoms with E-state index in [4.69, 9.17) is 14.2 Å². The number of phenolic OH excluding ortho intramolecular Hbond substituents is 4. The number of aromatic hydroxyl groups is 4. The summed E-state index contributed by atoms with van der Waals surface area (Å²) in [5.41, 5.74) is -8.37. The minimum atomic E-state index is -4.03. The van der Waals surface area contributed by atoms with Gasteiger partial charge in [-0.25, -0.2) is 4.79 Å². The molecule has 2 fully saturated rings. The number of hydrogen-bond donors (Lipinski definition) is 12. The molecule has 0 saturated carbocycles. The third-order valence-electron chi connectivity index (χ3n) is 9.11. The highest BCUT2D eigenvalue weighted by Crippen LogP contribution is 2.58. The number of phenols is 4. The van der Waals surface area contributed by atoms with Crippen LogP contribution in [0.5, 0.6) is 23.0 Å². The van der Waals surface area contributed by atoms with E-state index in [1.165, 1.54) is 12.1 Å². The Morgan fingerprint density at radius 3 is 2.15 bits per heavy atom. The summed E-state index contributed by atoms with van der Waals surface area (Å²) in [6.45, 7) is 1.66. The van der Waals surface area contributed by atoms with E-state index >= 15 is 0 Å². The Morgan fingerprint density at radius 2 is 1.56 bits per heavy atom. The van der Waals surface area contributed by atoms with Crippen molar-refractivity contribution in [3.8, 4) is 23.0 Å². The molecule has 0 bridgehead atoms. The maximum atomic E-state index is 13.6. The van der Waals surface area contributed by atoms with Crippen molar-refractivity contribution < 1.29 is 85.1 Å². The van der Waals surface area contributed by atoms with Gasteiger partial charge in [-0.3, -0.25) is 4.79 Å². The second kappa shape index (κ2) is 12.9. The predicted octanol–water partition coefficient (Wildman–Crippen LogP) is -2.44. The molecule has 4 rings (SSSR count). The lowest BCUT2D eigenvalue weighted by molar-refractivity contribution is -0.479. The Bertz CT molecular complexity index is 1580. The minimum Gasteiger partial charge on any atom is -0.504 e. The van der Waals surface area contributed by atoms with Crippen LogP contribution in [0.1, 0.15) is 37.8 Å². The molecule has 0 spiro atoms. The Kier molecular flexibility index (Phi) is 9.90. The summed E-state index contributed by atoms with van der Waals surface area (Å²) < 4.78 is 16.4. The molecule has 2 aromatic rings. The van der Waals surface area contributed by atoms with Crippen molar-refractivity contribution in [1.82, 2.24) is 0 Å². The molecule has 0 aromatic heterocycles. The molecule has 2 aliphatic heterocycles. The van der Waals surface area contributed by atoms with E-state index in [0.717, 1.165) is 44.2 Å². The minimum absolute atomic E-state index is 0.185. The van der Waals surface area contributed by atoms with Crippen LogP contribution in [-0.4, -0.2) is 139 Å². The molecule has 11 atom stereocenters. The van der Waals surface area contributed by atoms with Crippen LogP contribution in [0.15, 0.2) is 42.5 Å². The topological polar surface area (TPSA) is 305 Å². The lowest BCUT2D eigenvalue weighted by atomic mass is 9.57. The zero-order valence-corrected chi connectivity index (χ0v) is 25.8. The predicted molar refractivity (Wildman–Crippen MR) is 158 cm³/mol. The zero-order chi connectivity index (χ0) is 36.1. The van der Waals surface area contributed by atoms with Crippen molar-refractivity contribution in [2.45, 2.75) is 86.1 Å². The highest BCUT2D eigenvalue weighted by Gasteiger charge is 2.86. The molecule has 2 heterocycles. The van der Waals surface area contributed by atoms with Gasteiger partial charge in [0.05, 0.1) is 12.7 Å². The standard InChI is InChI=1S/C31H38O17/c1-13(17-7-9-18(34)20(36)11-17)30(44)28(43,26(41)25(40)21(12-32)47-30)29(27(42)23(38)14(2)46-31(29,45)15(3)33)48-22(37)10-8-16-5-4-6-19(35)24(16)39/h4-11,13-14,21,23,25-27,32,34-36,38-45H,12H2,1-3H3/b10-8+/t13?,14-,21+,23-,25+,26-,27+,28+,29+,30?,31?/m0/s1. The number of para-hydroxylation sites is 1. The maximum Gasteiger partial charge on any atom is 0.331 e. The summed E-state index contributed by atoms with van der Waals surface area (Å²) in [4.78, 5) is 26.8. The van der Waals surface area contributed by atoms with Crippen LogP contribution < -0.4 is 0 Å². The van der Waals surface area contributed by atoms with E-state index in [2.05, 4.69) is 0 Å². The highest BCUT2D eigenvalue weighted by molar-refractivity contribution is 5.90. The summed E-state index contributed by atoms with van der Waals surface area (Å²) in [5.74, 6) is -15.1. The third kappa shape index (κ3) is 5.28.